The topological polar surface area (TPSA) is 47.8 Å². The molecule has 0 radical (unpaired) electrons. The van der Waals surface area contributed by atoms with Gasteiger partial charge in [0.1, 0.15) is 5.69 Å². The Hall–Kier alpha value is -1.97. The molecule has 0 N–H and O–H groups in total. The number of carbonyl (C=O) groups is 1. The van der Waals surface area contributed by atoms with E-state index >= 15 is 0 Å². The van der Waals surface area contributed by atoms with Crippen molar-refractivity contribution in [2.75, 3.05) is 0 Å². The first-order valence-corrected chi connectivity index (χ1v) is 5.52. The van der Waals surface area contributed by atoms with Crippen molar-refractivity contribution in [3.05, 3.63) is 46.8 Å². The highest BCUT2D eigenvalue weighted by Gasteiger charge is 2.11. The fourth-order valence-electron chi connectivity index (χ4n) is 1.73. The Bertz CT molecular complexity index is 558. The van der Waals surface area contributed by atoms with Gasteiger partial charge in [0.2, 0.25) is 0 Å². The van der Waals surface area contributed by atoms with Crippen molar-refractivity contribution in [3.63, 3.8) is 0 Å². The predicted octanol–water partition coefficient (Wildman–Crippen LogP) is 1.86. The Morgan fingerprint density at radius 3 is 2.65 bits per heavy atom. The third-order valence-corrected chi connectivity index (χ3v) is 2.94. The Kier molecular flexibility index (Phi) is 3.04. The number of benzene rings is 1. The number of ketones is 1. The molecule has 17 heavy (non-hydrogen) atoms. The molecule has 0 fully saturated rings. The summed E-state index contributed by atoms with van der Waals surface area (Å²) in [6.45, 7) is 4.11. The van der Waals surface area contributed by atoms with Gasteiger partial charge in [0.05, 0.1) is 6.20 Å². The molecule has 0 aliphatic rings. The summed E-state index contributed by atoms with van der Waals surface area (Å²) in [4.78, 5) is 12.0. The molecule has 0 spiro atoms. The van der Waals surface area contributed by atoms with Gasteiger partial charge in [-0.1, -0.05) is 23.4 Å². The zero-order valence-electron chi connectivity index (χ0n) is 10.3. The van der Waals surface area contributed by atoms with Gasteiger partial charge in [-0.2, -0.15) is 0 Å². The lowest BCUT2D eigenvalue weighted by atomic mass is 10.0. The van der Waals surface area contributed by atoms with Crippen LogP contribution in [0.15, 0.2) is 24.4 Å². The fraction of sp³-hybridized carbons (Fsp3) is 0.308. The van der Waals surface area contributed by atoms with Crippen molar-refractivity contribution in [1.29, 1.82) is 0 Å². The number of hydrogen-bond acceptors (Lipinski definition) is 3. The van der Waals surface area contributed by atoms with E-state index in [1.54, 1.807) is 7.05 Å². The summed E-state index contributed by atoms with van der Waals surface area (Å²) in [6, 6.07) is 6.08. The highest BCUT2D eigenvalue weighted by atomic mass is 16.1. The average Bonchev–Trinajstić information content (AvgIpc) is 2.70. The first kappa shape index (κ1) is 11.5. The number of Topliss-reactive ketones (excluding diaryl/α,β-unsaturated/α-hetero) is 1. The van der Waals surface area contributed by atoms with Crippen molar-refractivity contribution in [1.82, 2.24) is 15.0 Å². The number of rotatable bonds is 3. The van der Waals surface area contributed by atoms with Gasteiger partial charge >= 0.3 is 0 Å². The van der Waals surface area contributed by atoms with Gasteiger partial charge < -0.3 is 0 Å². The van der Waals surface area contributed by atoms with Crippen LogP contribution in [0.25, 0.3) is 0 Å². The normalized spacial score (nSPS) is 10.5. The average molecular weight is 229 g/mol. The van der Waals surface area contributed by atoms with E-state index in [0.29, 0.717) is 12.1 Å². The second-order valence-corrected chi connectivity index (χ2v) is 4.26. The molecule has 1 heterocycles. The van der Waals surface area contributed by atoms with Crippen LogP contribution in [0.4, 0.5) is 0 Å². The van der Waals surface area contributed by atoms with Crippen molar-refractivity contribution >= 4 is 5.78 Å². The van der Waals surface area contributed by atoms with Crippen LogP contribution >= 0.6 is 0 Å². The molecule has 0 aliphatic heterocycles. The van der Waals surface area contributed by atoms with Crippen LogP contribution in [-0.2, 0) is 13.5 Å². The van der Waals surface area contributed by atoms with Crippen LogP contribution in [0, 0.1) is 13.8 Å². The van der Waals surface area contributed by atoms with Gasteiger partial charge in [-0.3, -0.25) is 4.79 Å². The van der Waals surface area contributed by atoms with Crippen molar-refractivity contribution in [2.45, 2.75) is 20.3 Å². The maximum atomic E-state index is 12.0. The predicted molar refractivity (Wildman–Crippen MR) is 65.0 cm³/mol. The van der Waals surface area contributed by atoms with E-state index < -0.39 is 0 Å². The van der Waals surface area contributed by atoms with Crippen molar-refractivity contribution < 1.29 is 4.79 Å². The summed E-state index contributed by atoms with van der Waals surface area (Å²) in [5, 5.41) is 7.47. The molecule has 0 unspecified atom stereocenters. The zero-order chi connectivity index (χ0) is 12.4. The SMILES string of the molecule is Cc1ccc(CC(=O)c2cnnn2C)cc1C. The first-order valence-electron chi connectivity index (χ1n) is 5.52. The molecular formula is C13H15N3O. The lowest BCUT2D eigenvalue weighted by Crippen LogP contribution is -2.09. The molecule has 4 heteroatoms. The second kappa shape index (κ2) is 4.49. The standard InChI is InChI=1S/C13H15N3O/c1-9-4-5-11(6-10(9)2)7-13(17)12-8-14-15-16(12)3/h4-6,8H,7H2,1-3H3. The highest BCUT2D eigenvalue weighted by molar-refractivity contribution is 5.95. The zero-order valence-corrected chi connectivity index (χ0v) is 10.3. The molecule has 2 rings (SSSR count). The maximum absolute atomic E-state index is 12.0. The van der Waals surface area contributed by atoms with E-state index in [0.717, 1.165) is 5.56 Å². The molecule has 1 aromatic heterocycles. The summed E-state index contributed by atoms with van der Waals surface area (Å²) < 4.78 is 1.50. The van der Waals surface area contributed by atoms with Crippen molar-refractivity contribution in [3.8, 4) is 0 Å². The number of nitrogens with zero attached hydrogens (tertiary/aromatic N) is 3. The van der Waals surface area contributed by atoms with Crippen molar-refractivity contribution in [2.24, 2.45) is 7.05 Å². The van der Waals surface area contributed by atoms with E-state index in [-0.39, 0.29) is 5.78 Å². The Labute approximate surface area is 100 Å². The molecule has 0 atom stereocenters. The van der Waals surface area contributed by atoms with Gasteiger partial charge in [0.25, 0.3) is 0 Å². The van der Waals surface area contributed by atoms with E-state index in [1.165, 1.54) is 22.0 Å². The van der Waals surface area contributed by atoms with Crippen LogP contribution in [0.1, 0.15) is 27.2 Å². The van der Waals surface area contributed by atoms with Crippen LogP contribution in [-0.4, -0.2) is 20.8 Å². The second-order valence-electron chi connectivity index (χ2n) is 4.26. The molecular weight excluding hydrogens is 214 g/mol. The van der Waals surface area contributed by atoms with Gasteiger partial charge in [-0.05, 0) is 30.5 Å². The minimum absolute atomic E-state index is 0.0424. The van der Waals surface area contributed by atoms with Gasteiger partial charge in [0, 0.05) is 13.5 Å². The number of aromatic nitrogens is 3. The van der Waals surface area contributed by atoms with Crippen LogP contribution in [0.2, 0.25) is 0 Å². The number of aryl methyl sites for hydroxylation is 3. The molecule has 0 saturated heterocycles. The smallest absolute Gasteiger partial charge is 0.186 e. The number of hydrogen-bond donors (Lipinski definition) is 0. The minimum atomic E-state index is 0.0424. The summed E-state index contributed by atoms with van der Waals surface area (Å²) in [5.41, 5.74) is 4.02. The van der Waals surface area contributed by atoms with Gasteiger partial charge in [-0.15, -0.1) is 5.10 Å². The molecule has 88 valence electrons. The Morgan fingerprint density at radius 2 is 2.06 bits per heavy atom. The van der Waals surface area contributed by atoms with E-state index in [4.69, 9.17) is 0 Å². The summed E-state index contributed by atoms with van der Waals surface area (Å²) in [6.07, 6.45) is 1.89. The molecule has 1 aromatic carbocycles. The first-order chi connectivity index (χ1) is 8.08. The third kappa shape index (κ3) is 2.41. The maximum Gasteiger partial charge on any atom is 0.186 e. The van der Waals surface area contributed by atoms with Crippen LogP contribution in [0.3, 0.4) is 0 Å². The lowest BCUT2D eigenvalue weighted by molar-refractivity contribution is 0.0984. The summed E-state index contributed by atoms with van der Waals surface area (Å²) in [7, 11) is 1.72. The quantitative estimate of drug-likeness (QED) is 0.755. The van der Waals surface area contributed by atoms with Gasteiger partial charge in [0.15, 0.2) is 5.78 Å². The van der Waals surface area contributed by atoms with Gasteiger partial charge in [-0.25, -0.2) is 4.68 Å². The molecule has 2 aromatic rings. The molecule has 0 bridgehead atoms. The molecule has 0 amide bonds. The Balaban J connectivity index is 2.19. The van der Waals surface area contributed by atoms with Crippen LogP contribution < -0.4 is 0 Å². The van der Waals surface area contributed by atoms with E-state index in [2.05, 4.69) is 30.2 Å². The van der Waals surface area contributed by atoms with Crippen LogP contribution in [0.5, 0.6) is 0 Å². The Morgan fingerprint density at radius 1 is 1.29 bits per heavy atom. The molecule has 4 nitrogen and oxygen atoms in total. The lowest BCUT2D eigenvalue weighted by Gasteiger charge is -2.04. The largest absolute Gasteiger partial charge is 0.292 e. The molecule has 0 aliphatic carbocycles. The van der Waals surface area contributed by atoms with E-state index in [9.17, 15) is 4.79 Å². The summed E-state index contributed by atoms with van der Waals surface area (Å²) >= 11 is 0. The summed E-state index contributed by atoms with van der Waals surface area (Å²) in [5.74, 6) is 0.0424. The number of carbonyl (C=O) groups excluding carboxylic acids is 1. The molecule has 0 saturated carbocycles. The fourth-order valence-corrected chi connectivity index (χ4v) is 1.73. The third-order valence-electron chi connectivity index (χ3n) is 2.94. The minimum Gasteiger partial charge on any atom is -0.292 e. The highest BCUT2D eigenvalue weighted by Crippen LogP contribution is 2.12. The van der Waals surface area contributed by atoms with E-state index in [1.807, 2.05) is 12.1 Å². The monoisotopic (exact) mass is 229 g/mol.